The third-order valence-electron chi connectivity index (χ3n) is 3.92. The van der Waals surface area contributed by atoms with E-state index in [4.69, 9.17) is 0 Å². The Kier molecular flexibility index (Phi) is 4.49. The van der Waals surface area contributed by atoms with Crippen molar-refractivity contribution in [2.24, 2.45) is 19.3 Å². The van der Waals surface area contributed by atoms with Crippen LogP contribution in [0.5, 0.6) is 0 Å². The Hall–Kier alpha value is -2.81. The molecule has 0 atom stereocenters. The Bertz CT molecular complexity index is 1080. The van der Waals surface area contributed by atoms with Gasteiger partial charge in [-0.05, 0) is 6.92 Å². The number of thioether (sulfide) groups is 1. The molecule has 2 heterocycles. The van der Waals surface area contributed by atoms with Crippen LogP contribution in [0.1, 0.15) is 11.1 Å². The van der Waals surface area contributed by atoms with E-state index in [0.717, 1.165) is 15.7 Å². The number of rotatable bonds is 4. The van der Waals surface area contributed by atoms with Gasteiger partial charge in [0.15, 0.2) is 16.3 Å². The lowest BCUT2D eigenvalue weighted by atomic mass is 10.1. The van der Waals surface area contributed by atoms with Crippen LogP contribution in [0.15, 0.2) is 44.2 Å². The summed E-state index contributed by atoms with van der Waals surface area (Å²) in [6.07, 6.45) is 0. The minimum absolute atomic E-state index is 0.268. The quantitative estimate of drug-likeness (QED) is 0.316. The number of nitrogens with zero attached hydrogens (tertiary/aromatic N) is 4. The van der Waals surface area contributed by atoms with Gasteiger partial charge in [-0.3, -0.25) is 13.9 Å². The lowest BCUT2D eigenvalue weighted by Gasteiger charge is -2.03. The number of benzene rings is 1. The Morgan fingerprint density at radius 1 is 1.24 bits per heavy atom. The fourth-order valence-electron chi connectivity index (χ4n) is 2.43. The molecule has 2 N–H and O–H groups in total. The zero-order valence-corrected chi connectivity index (χ0v) is 14.8. The summed E-state index contributed by atoms with van der Waals surface area (Å²) in [7, 11) is 2.98. The zero-order valence-electron chi connectivity index (χ0n) is 14.0. The molecule has 3 rings (SSSR count). The highest BCUT2D eigenvalue weighted by Crippen LogP contribution is 2.18. The molecule has 130 valence electrons. The number of hydrogen-bond acceptors (Lipinski definition) is 6. The maximum absolute atomic E-state index is 12.2. The molecule has 0 amide bonds. The molecule has 1 aromatic carbocycles. The zero-order chi connectivity index (χ0) is 18.1. The number of aromatic nitrogens is 4. The monoisotopic (exact) mass is 359 g/mol. The topological polar surface area (TPSA) is 105 Å². The van der Waals surface area contributed by atoms with Gasteiger partial charge in [0, 0.05) is 25.4 Å². The van der Waals surface area contributed by atoms with E-state index < -0.39 is 11.2 Å². The molecule has 0 fully saturated rings. The van der Waals surface area contributed by atoms with Gasteiger partial charge in [-0.1, -0.05) is 46.7 Å². The first kappa shape index (κ1) is 17.0. The summed E-state index contributed by atoms with van der Waals surface area (Å²) >= 11 is 1.29. The number of nitrogens with one attached hydrogen (secondary N) is 1. The molecule has 0 bridgehead atoms. The van der Waals surface area contributed by atoms with Gasteiger partial charge >= 0.3 is 5.69 Å². The lowest BCUT2D eigenvalue weighted by molar-refractivity contribution is 0.319. The summed E-state index contributed by atoms with van der Waals surface area (Å²) < 4.78 is 2.35. The SMILES string of the molecule is Cc1ccc(/C(CSc2nc3c([nH]2)c(=O)n(C)c(=O)n3C)=N\O)cc1. The molecule has 0 unspecified atom stereocenters. The van der Waals surface area contributed by atoms with E-state index in [-0.39, 0.29) is 5.52 Å². The predicted molar refractivity (Wildman–Crippen MR) is 96.8 cm³/mol. The molecule has 25 heavy (non-hydrogen) atoms. The second-order valence-electron chi connectivity index (χ2n) is 5.65. The first-order valence-corrected chi connectivity index (χ1v) is 8.47. The molecule has 0 aliphatic carbocycles. The summed E-state index contributed by atoms with van der Waals surface area (Å²) in [5, 5.41) is 13.1. The van der Waals surface area contributed by atoms with E-state index in [1.54, 1.807) is 7.05 Å². The van der Waals surface area contributed by atoms with E-state index in [9.17, 15) is 14.8 Å². The lowest BCUT2D eigenvalue weighted by Crippen LogP contribution is -2.36. The summed E-state index contributed by atoms with van der Waals surface area (Å²) in [5.41, 5.74) is 2.12. The van der Waals surface area contributed by atoms with Gasteiger partial charge < -0.3 is 10.2 Å². The summed E-state index contributed by atoms with van der Waals surface area (Å²) in [6, 6.07) is 7.63. The highest BCUT2D eigenvalue weighted by atomic mass is 32.2. The number of imidazole rings is 1. The molecular weight excluding hydrogens is 342 g/mol. The molecular formula is C16H17N5O3S. The average molecular weight is 359 g/mol. The molecule has 3 aromatic rings. The van der Waals surface area contributed by atoms with Crippen molar-refractivity contribution in [2.45, 2.75) is 12.1 Å². The molecule has 0 aliphatic heterocycles. The van der Waals surface area contributed by atoms with Crippen LogP contribution in [0.3, 0.4) is 0 Å². The van der Waals surface area contributed by atoms with Gasteiger partial charge in [0.25, 0.3) is 5.56 Å². The van der Waals surface area contributed by atoms with Crippen LogP contribution in [0, 0.1) is 6.92 Å². The van der Waals surface area contributed by atoms with Crippen molar-refractivity contribution in [3.05, 3.63) is 56.2 Å². The number of aromatic amines is 1. The molecule has 0 spiro atoms. The summed E-state index contributed by atoms with van der Waals surface area (Å²) in [6.45, 7) is 1.98. The number of fused-ring (bicyclic) bond motifs is 1. The van der Waals surface area contributed by atoms with Crippen molar-refractivity contribution in [1.82, 2.24) is 19.1 Å². The van der Waals surface area contributed by atoms with Gasteiger partial charge in [-0.15, -0.1) is 0 Å². The Morgan fingerprint density at radius 3 is 2.56 bits per heavy atom. The van der Waals surface area contributed by atoms with Gasteiger partial charge in [0.2, 0.25) is 0 Å². The highest BCUT2D eigenvalue weighted by Gasteiger charge is 2.14. The fraction of sp³-hybridized carbons (Fsp3) is 0.250. The van der Waals surface area contributed by atoms with Crippen LogP contribution >= 0.6 is 11.8 Å². The van der Waals surface area contributed by atoms with Crippen molar-refractivity contribution in [3.8, 4) is 0 Å². The standard InChI is InChI=1S/C16H17N5O3S/c1-9-4-6-10(7-5-9)11(19-24)8-25-15-17-12-13(18-15)20(2)16(23)21(3)14(12)22/h4-7,24H,8H2,1-3H3,(H,17,18)/b19-11-. The molecule has 0 aliphatic rings. The maximum Gasteiger partial charge on any atom is 0.332 e. The smallest absolute Gasteiger partial charge is 0.332 e. The van der Waals surface area contributed by atoms with Crippen molar-refractivity contribution in [2.75, 3.05) is 5.75 Å². The molecule has 2 aromatic heterocycles. The number of H-pyrrole nitrogens is 1. The maximum atomic E-state index is 12.2. The number of hydrogen-bond donors (Lipinski definition) is 2. The van der Waals surface area contributed by atoms with Gasteiger partial charge in [0.05, 0.1) is 5.71 Å². The molecule has 0 saturated heterocycles. The third-order valence-corrected chi connectivity index (χ3v) is 4.81. The Balaban J connectivity index is 1.90. The van der Waals surface area contributed by atoms with E-state index >= 15 is 0 Å². The molecule has 9 heteroatoms. The predicted octanol–water partition coefficient (Wildman–Crippen LogP) is 1.24. The largest absolute Gasteiger partial charge is 0.411 e. The van der Waals surface area contributed by atoms with E-state index in [1.165, 1.54) is 23.4 Å². The van der Waals surface area contributed by atoms with Crippen molar-refractivity contribution in [1.29, 1.82) is 0 Å². The number of aryl methyl sites for hydroxylation is 2. The molecule has 0 radical (unpaired) electrons. The first-order valence-electron chi connectivity index (χ1n) is 7.49. The van der Waals surface area contributed by atoms with Crippen LogP contribution in [0.25, 0.3) is 11.2 Å². The summed E-state index contributed by atoms with van der Waals surface area (Å²) in [5.74, 6) is 0.355. The second kappa shape index (κ2) is 6.60. The average Bonchev–Trinajstić information content (AvgIpc) is 3.04. The normalized spacial score (nSPS) is 12.0. The van der Waals surface area contributed by atoms with Crippen LogP contribution in [-0.2, 0) is 14.1 Å². The Labute approximate surface area is 146 Å². The number of oxime groups is 1. The highest BCUT2D eigenvalue weighted by molar-refractivity contribution is 7.99. The van der Waals surface area contributed by atoms with Crippen molar-refractivity contribution < 1.29 is 5.21 Å². The molecule has 8 nitrogen and oxygen atoms in total. The minimum Gasteiger partial charge on any atom is -0.411 e. The van der Waals surface area contributed by atoms with Crippen LogP contribution in [0.2, 0.25) is 0 Å². The van der Waals surface area contributed by atoms with Gasteiger partial charge in [-0.25, -0.2) is 9.78 Å². The second-order valence-corrected chi connectivity index (χ2v) is 6.61. The molecule has 0 saturated carbocycles. The van der Waals surface area contributed by atoms with Gasteiger partial charge in [-0.2, -0.15) is 0 Å². The van der Waals surface area contributed by atoms with Crippen molar-refractivity contribution in [3.63, 3.8) is 0 Å². The third kappa shape index (κ3) is 3.10. The Morgan fingerprint density at radius 2 is 1.92 bits per heavy atom. The van der Waals surface area contributed by atoms with Crippen LogP contribution in [-0.4, -0.2) is 35.8 Å². The summed E-state index contributed by atoms with van der Waals surface area (Å²) in [4.78, 5) is 31.4. The first-order chi connectivity index (χ1) is 11.9. The van der Waals surface area contributed by atoms with E-state index in [1.807, 2.05) is 31.2 Å². The van der Waals surface area contributed by atoms with Crippen LogP contribution < -0.4 is 11.2 Å². The minimum atomic E-state index is -0.433. The van der Waals surface area contributed by atoms with E-state index in [0.29, 0.717) is 22.3 Å². The van der Waals surface area contributed by atoms with Crippen LogP contribution in [0.4, 0.5) is 0 Å². The van der Waals surface area contributed by atoms with Crippen molar-refractivity contribution >= 4 is 28.6 Å². The van der Waals surface area contributed by atoms with Gasteiger partial charge in [0.1, 0.15) is 0 Å². The van der Waals surface area contributed by atoms with E-state index in [2.05, 4.69) is 15.1 Å². The fourth-order valence-corrected chi connectivity index (χ4v) is 3.25.